The molecule has 0 atom stereocenters. The number of benzene rings is 1. The van der Waals surface area contributed by atoms with Crippen LogP contribution in [0.1, 0.15) is 38.2 Å². The zero-order valence-corrected chi connectivity index (χ0v) is 26.5. The summed E-state index contributed by atoms with van der Waals surface area (Å²) in [5, 5.41) is 34.4. The van der Waals surface area contributed by atoms with Gasteiger partial charge in [0.05, 0.1) is 7.11 Å². The number of ether oxygens (including phenoxy) is 2. The van der Waals surface area contributed by atoms with Crippen molar-refractivity contribution >= 4 is 35.9 Å². The number of carboxylic acid groups (broad SMARTS) is 4. The second-order valence-electron chi connectivity index (χ2n) is 10.7. The largest absolute Gasteiger partial charge is 0.493 e. The molecule has 0 bridgehead atoms. The van der Waals surface area contributed by atoms with E-state index in [1.165, 1.54) is 12.8 Å². The van der Waals surface area contributed by atoms with Gasteiger partial charge >= 0.3 is 23.9 Å². The predicted octanol–water partition coefficient (Wildman–Crippen LogP) is 2.45. The molecule has 1 heterocycles. The third-order valence-corrected chi connectivity index (χ3v) is 6.98. The first-order valence-electron chi connectivity index (χ1n) is 14.8. The minimum atomic E-state index is -1.26. The molecular formula is C32H45N3O11. The van der Waals surface area contributed by atoms with Crippen molar-refractivity contribution in [2.75, 3.05) is 53.5 Å². The lowest BCUT2D eigenvalue weighted by atomic mass is 9.87. The summed E-state index contributed by atoms with van der Waals surface area (Å²) in [6.07, 6.45) is 10.2. The molecule has 14 nitrogen and oxygen atoms in total. The maximum atomic E-state index is 12.2. The molecule has 1 aromatic rings. The number of nitrogens with one attached hydrogen (secondary N) is 1. The Morgan fingerprint density at radius 2 is 1.33 bits per heavy atom. The van der Waals surface area contributed by atoms with Crippen LogP contribution in [0.4, 0.5) is 0 Å². The van der Waals surface area contributed by atoms with Crippen LogP contribution in [0.3, 0.4) is 0 Å². The van der Waals surface area contributed by atoms with Crippen molar-refractivity contribution in [2.45, 2.75) is 38.6 Å². The minimum Gasteiger partial charge on any atom is -0.493 e. The summed E-state index contributed by atoms with van der Waals surface area (Å²) >= 11 is 0. The van der Waals surface area contributed by atoms with Crippen molar-refractivity contribution in [3.63, 3.8) is 0 Å². The van der Waals surface area contributed by atoms with Gasteiger partial charge in [0.1, 0.15) is 6.61 Å². The highest BCUT2D eigenvalue weighted by atomic mass is 16.5. The van der Waals surface area contributed by atoms with Gasteiger partial charge in [-0.25, -0.2) is 19.2 Å². The first-order valence-corrected chi connectivity index (χ1v) is 14.8. The van der Waals surface area contributed by atoms with Crippen LogP contribution in [-0.2, 0) is 24.0 Å². The van der Waals surface area contributed by atoms with E-state index in [-0.39, 0.29) is 5.91 Å². The molecule has 0 aromatic heterocycles. The lowest BCUT2D eigenvalue weighted by Gasteiger charge is -2.32. The Bertz CT molecular complexity index is 1160. The average Bonchev–Trinajstić information content (AvgIpc) is 3.01. The Kier molecular flexibility index (Phi) is 18.7. The molecule has 3 rings (SSSR count). The van der Waals surface area contributed by atoms with Gasteiger partial charge in [0.15, 0.2) is 11.5 Å². The molecular weight excluding hydrogens is 602 g/mol. The molecule has 0 spiro atoms. The second-order valence-corrected chi connectivity index (χ2v) is 10.7. The summed E-state index contributed by atoms with van der Waals surface area (Å²) in [6, 6.07) is 6.10. The molecule has 254 valence electrons. The molecule has 1 aromatic carbocycles. The van der Waals surface area contributed by atoms with Crippen LogP contribution in [-0.4, -0.2) is 120 Å². The Morgan fingerprint density at radius 1 is 0.804 bits per heavy atom. The topological polar surface area (TPSA) is 203 Å². The van der Waals surface area contributed by atoms with Gasteiger partial charge in [-0.2, -0.15) is 0 Å². The highest BCUT2D eigenvalue weighted by Crippen LogP contribution is 2.28. The zero-order valence-electron chi connectivity index (χ0n) is 26.5. The maximum Gasteiger partial charge on any atom is 0.328 e. The summed E-state index contributed by atoms with van der Waals surface area (Å²) in [5.74, 6) is -2.84. The highest BCUT2D eigenvalue weighted by molar-refractivity contribution is 5.92. The van der Waals surface area contributed by atoms with Crippen molar-refractivity contribution in [1.82, 2.24) is 15.1 Å². The maximum absolute atomic E-state index is 12.2. The van der Waals surface area contributed by atoms with Crippen LogP contribution in [0.25, 0.3) is 6.08 Å². The molecule has 46 heavy (non-hydrogen) atoms. The number of carbonyl (C=O) groups excluding carboxylic acids is 1. The Balaban J connectivity index is 0.000000545. The summed E-state index contributed by atoms with van der Waals surface area (Å²) in [6.45, 7) is 8.22. The number of hydrogen-bond acceptors (Lipinski definition) is 9. The van der Waals surface area contributed by atoms with E-state index in [0.717, 1.165) is 62.8 Å². The fourth-order valence-electron chi connectivity index (χ4n) is 4.37. The van der Waals surface area contributed by atoms with Crippen molar-refractivity contribution in [3.05, 3.63) is 54.1 Å². The van der Waals surface area contributed by atoms with Crippen LogP contribution in [0.5, 0.6) is 11.5 Å². The van der Waals surface area contributed by atoms with Crippen molar-refractivity contribution in [2.24, 2.45) is 5.92 Å². The van der Waals surface area contributed by atoms with E-state index >= 15 is 0 Å². The number of likely N-dealkylation sites (N-methyl/N-ethyl adjacent to an activating group) is 1. The van der Waals surface area contributed by atoms with E-state index < -0.39 is 23.9 Å². The van der Waals surface area contributed by atoms with E-state index in [0.29, 0.717) is 42.7 Å². The van der Waals surface area contributed by atoms with Gasteiger partial charge in [0.25, 0.3) is 0 Å². The number of piperazine rings is 1. The summed E-state index contributed by atoms with van der Waals surface area (Å²) in [7, 11) is 3.81. The van der Waals surface area contributed by atoms with E-state index in [1.54, 1.807) is 13.2 Å². The fourth-order valence-corrected chi connectivity index (χ4v) is 4.37. The van der Waals surface area contributed by atoms with Crippen LogP contribution in [0, 0.1) is 5.92 Å². The molecule has 0 radical (unpaired) electrons. The molecule has 2 aliphatic rings. The van der Waals surface area contributed by atoms with Gasteiger partial charge in [-0.05, 0) is 62.4 Å². The molecule has 1 aliphatic heterocycles. The number of nitrogens with zero attached hydrogens (tertiary/aromatic N) is 2. The van der Waals surface area contributed by atoms with Gasteiger partial charge in [0, 0.05) is 69.1 Å². The van der Waals surface area contributed by atoms with E-state index in [1.807, 2.05) is 24.3 Å². The molecule has 1 amide bonds. The molecule has 14 heteroatoms. The molecule has 1 saturated carbocycles. The third kappa shape index (κ3) is 18.9. The molecule has 5 N–H and O–H groups in total. The average molecular weight is 648 g/mol. The normalized spacial score (nSPS) is 18.6. The predicted molar refractivity (Wildman–Crippen MR) is 170 cm³/mol. The van der Waals surface area contributed by atoms with E-state index in [4.69, 9.17) is 29.9 Å². The monoisotopic (exact) mass is 647 g/mol. The minimum absolute atomic E-state index is 0.0268. The first-order chi connectivity index (χ1) is 21.8. The van der Waals surface area contributed by atoms with Crippen LogP contribution in [0.2, 0.25) is 0 Å². The first kappa shape index (κ1) is 39.3. The standard InChI is InChI=1S/C24H37N3O3.2C4H4O4/c1-19-4-8-21(9-5-19)25-24(28)11-7-20-6-10-22(23(18-20)29-3)30-17-16-27-14-12-26(2)13-15-27;2*5-3(6)1-2-4(7)8/h6-7,10-11,18-19,21H,4-5,8-9,12-17H2,1-3H3,(H,25,28);2*1-2H,(H,5,6)(H,7,8)/b;2*2-1+/t19-,21-;;. The SMILES string of the molecule is COc1cc(C=CC(=O)N[C@H]2CC[C@H](C)CC2)ccc1OCCN1CCN(C)CC1.O=C(O)/C=C/C(=O)O.O=C(O)/C=C/C(=O)O. The number of aliphatic carboxylic acids is 4. The quantitative estimate of drug-likeness (QED) is 0.207. The molecule has 2 fully saturated rings. The zero-order chi connectivity index (χ0) is 34.5. The van der Waals surface area contributed by atoms with Gasteiger partial charge in [0.2, 0.25) is 5.91 Å². The van der Waals surface area contributed by atoms with Crippen molar-refractivity contribution < 1.29 is 53.9 Å². The number of amides is 1. The smallest absolute Gasteiger partial charge is 0.328 e. The second kappa shape index (κ2) is 21.9. The lowest BCUT2D eigenvalue weighted by molar-refractivity contribution is -0.134. The number of rotatable bonds is 12. The molecule has 1 aliphatic carbocycles. The Hall–Kier alpha value is -4.69. The number of methoxy groups -OCH3 is 1. The van der Waals surface area contributed by atoms with Crippen LogP contribution >= 0.6 is 0 Å². The molecule has 0 unspecified atom stereocenters. The van der Waals surface area contributed by atoms with E-state index in [9.17, 15) is 24.0 Å². The van der Waals surface area contributed by atoms with Crippen LogP contribution in [0.15, 0.2) is 48.6 Å². The van der Waals surface area contributed by atoms with Crippen molar-refractivity contribution in [3.8, 4) is 11.5 Å². The summed E-state index contributed by atoms with van der Waals surface area (Å²) in [5.41, 5.74) is 0.922. The summed E-state index contributed by atoms with van der Waals surface area (Å²) in [4.78, 5) is 55.2. The highest BCUT2D eigenvalue weighted by Gasteiger charge is 2.19. The molecule has 1 saturated heterocycles. The van der Waals surface area contributed by atoms with Crippen molar-refractivity contribution in [1.29, 1.82) is 0 Å². The lowest BCUT2D eigenvalue weighted by Crippen LogP contribution is -2.45. The Labute approximate surface area is 268 Å². The van der Waals surface area contributed by atoms with Gasteiger partial charge in [-0.1, -0.05) is 13.0 Å². The third-order valence-electron chi connectivity index (χ3n) is 6.98. The van der Waals surface area contributed by atoms with Gasteiger partial charge in [-0.15, -0.1) is 0 Å². The van der Waals surface area contributed by atoms with Crippen LogP contribution < -0.4 is 14.8 Å². The van der Waals surface area contributed by atoms with E-state index in [2.05, 4.69) is 29.1 Å². The number of carbonyl (C=O) groups is 5. The fraction of sp³-hybridized carbons (Fsp3) is 0.469. The Morgan fingerprint density at radius 3 is 1.80 bits per heavy atom. The van der Waals surface area contributed by atoms with Gasteiger partial charge < -0.3 is 40.1 Å². The number of carboxylic acids is 4. The number of hydrogen-bond donors (Lipinski definition) is 5. The van der Waals surface area contributed by atoms with Gasteiger partial charge in [-0.3, -0.25) is 9.69 Å². The summed E-state index contributed by atoms with van der Waals surface area (Å²) < 4.78 is 11.5.